The minimum atomic E-state index is -0.152. The maximum Gasteiger partial charge on any atom is 0.256 e. The van der Waals surface area contributed by atoms with Gasteiger partial charge in [0.25, 0.3) is 5.91 Å². The normalized spacial score (nSPS) is 14.7. The van der Waals surface area contributed by atoms with Crippen molar-refractivity contribution in [3.05, 3.63) is 61.5 Å². The molecule has 2 aromatic rings. The van der Waals surface area contributed by atoms with Crippen LogP contribution in [0.5, 0.6) is 0 Å². The third-order valence-corrected chi connectivity index (χ3v) is 5.98. The zero-order valence-electron chi connectivity index (χ0n) is 14.8. The molecule has 1 heterocycles. The van der Waals surface area contributed by atoms with Crippen LogP contribution in [0.15, 0.2) is 39.3 Å². The molecular formula is C21H19Br2NO2. The van der Waals surface area contributed by atoms with Gasteiger partial charge in [-0.3, -0.25) is 9.59 Å². The second-order valence-corrected chi connectivity index (χ2v) is 8.61. The Bertz CT molecular complexity index is 922. The lowest BCUT2D eigenvalue weighted by Gasteiger charge is -2.07. The van der Waals surface area contributed by atoms with E-state index < -0.39 is 0 Å². The highest BCUT2D eigenvalue weighted by atomic mass is 79.9. The second kappa shape index (κ2) is 7.49. The highest BCUT2D eigenvalue weighted by Gasteiger charge is 2.25. The Labute approximate surface area is 170 Å². The Morgan fingerprint density at radius 3 is 2.42 bits per heavy atom. The van der Waals surface area contributed by atoms with Gasteiger partial charge >= 0.3 is 0 Å². The first kappa shape index (κ1) is 19.1. The molecule has 0 aromatic heterocycles. The Balaban J connectivity index is 2.04. The largest absolute Gasteiger partial charge is 0.321 e. The van der Waals surface area contributed by atoms with Crippen LogP contribution in [0.3, 0.4) is 0 Å². The Hall–Kier alpha value is -1.72. The molecule has 0 bridgehead atoms. The Kier molecular flexibility index (Phi) is 5.49. The lowest BCUT2D eigenvalue weighted by molar-refractivity contribution is -0.110. The van der Waals surface area contributed by atoms with Gasteiger partial charge in [0.2, 0.25) is 0 Å². The lowest BCUT2D eigenvalue weighted by atomic mass is 9.96. The summed E-state index contributed by atoms with van der Waals surface area (Å²) in [6.07, 6.45) is 2.35. The lowest BCUT2D eigenvalue weighted by Crippen LogP contribution is -2.03. The summed E-state index contributed by atoms with van der Waals surface area (Å²) in [5.74, 6) is 0.247. The van der Waals surface area contributed by atoms with Crippen LogP contribution in [-0.2, 0) is 4.79 Å². The number of nitrogens with one attached hydrogen (secondary N) is 1. The number of ketones is 1. The molecule has 2 aromatic carbocycles. The second-order valence-electron chi connectivity index (χ2n) is 6.90. The van der Waals surface area contributed by atoms with Crippen molar-refractivity contribution in [3.63, 3.8) is 0 Å². The van der Waals surface area contributed by atoms with E-state index in [0.29, 0.717) is 23.5 Å². The van der Waals surface area contributed by atoms with Crippen molar-refractivity contribution < 1.29 is 9.59 Å². The first-order valence-electron chi connectivity index (χ1n) is 8.42. The predicted octanol–water partition coefficient (Wildman–Crippen LogP) is 6.24. The minimum Gasteiger partial charge on any atom is -0.321 e. The molecule has 1 aliphatic heterocycles. The summed E-state index contributed by atoms with van der Waals surface area (Å²) in [6.45, 7) is 6.05. The van der Waals surface area contributed by atoms with Crippen LogP contribution < -0.4 is 5.32 Å². The fourth-order valence-corrected chi connectivity index (χ4v) is 4.13. The molecule has 0 fully saturated rings. The molecule has 0 saturated carbocycles. The van der Waals surface area contributed by atoms with E-state index in [2.05, 4.69) is 37.2 Å². The molecule has 26 heavy (non-hydrogen) atoms. The maximum atomic E-state index is 12.4. The van der Waals surface area contributed by atoms with E-state index >= 15 is 0 Å². The number of hydrogen-bond donors (Lipinski definition) is 1. The molecule has 1 aliphatic rings. The van der Waals surface area contributed by atoms with Crippen molar-refractivity contribution in [1.82, 2.24) is 0 Å². The molecule has 134 valence electrons. The number of carbonyl (C=O) groups is 2. The number of fused-ring (bicyclic) bond motifs is 1. The topological polar surface area (TPSA) is 46.2 Å². The van der Waals surface area contributed by atoms with Crippen LogP contribution in [0.2, 0.25) is 0 Å². The summed E-state index contributed by atoms with van der Waals surface area (Å²) in [4.78, 5) is 24.8. The van der Waals surface area contributed by atoms with Gasteiger partial charge < -0.3 is 5.32 Å². The summed E-state index contributed by atoms with van der Waals surface area (Å²) < 4.78 is 1.94. The Morgan fingerprint density at radius 1 is 1.15 bits per heavy atom. The van der Waals surface area contributed by atoms with Gasteiger partial charge in [0.15, 0.2) is 5.78 Å². The van der Waals surface area contributed by atoms with Crippen molar-refractivity contribution >= 4 is 60.9 Å². The van der Waals surface area contributed by atoms with Gasteiger partial charge in [0.05, 0.1) is 0 Å². The van der Waals surface area contributed by atoms with E-state index in [1.807, 2.05) is 51.1 Å². The fourth-order valence-electron chi connectivity index (χ4n) is 2.91. The van der Waals surface area contributed by atoms with Crippen LogP contribution >= 0.6 is 31.9 Å². The van der Waals surface area contributed by atoms with E-state index in [-0.39, 0.29) is 11.7 Å². The highest BCUT2D eigenvalue weighted by Crippen LogP contribution is 2.35. The van der Waals surface area contributed by atoms with Gasteiger partial charge in [-0.2, -0.15) is 0 Å². The molecular weight excluding hydrogens is 458 g/mol. The molecule has 3 rings (SSSR count). The summed E-state index contributed by atoms with van der Waals surface area (Å²) in [5, 5.41) is 2.87. The highest BCUT2D eigenvalue weighted by molar-refractivity contribution is 9.11. The predicted molar refractivity (Wildman–Crippen MR) is 113 cm³/mol. The third kappa shape index (κ3) is 3.84. The van der Waals surface area contributed by atoms with Crippen molar-refractivity contribution in [1.29, 1.82) is 0 Å². The van der Waals surface area contributed by atoms with Crippen LogP contribution in [0, 0.1) is 12.8 Å². The Morgan fingerprint density at radius 2 is 1.81 bits per heavy atom. The minimum absolute atomic E-state index is 0.0994. The summed E-state index contributed by atoms with van der Waals surface area (Å²) in [7, 11) is 0. The average molecular weight is 477 g/mol. The molecule has 0 radical (unpaired) electrons. The zero-order valence-corrected chi connectivity index (χ0v) is 18.0. The van der Waals surface area contributed by atoms with Crippen LogP contribution in [0.25, 0.3) is 11.6 Å². The van der Waals surface area contributed by atoms with Crippen molar-refractivity contribution in [2.45, 2.75) is 27.2 Å². The maximum absolute atomic E-state index is 12.4. The zero-order chi connectivity index (χ0) is 19.0. The van der Waals surface area contributed by atoms with Crippen LogP contribution in [0.4, 0.5) is 5.69 Å². The van der Waals surface area contributed by atoms with Crippen molar-refractivity contribution in [2.75, 3.05) is 5.32 Å². The summed E-state index contributed by atoms with van der Waals surface area (Å²) in [6, 6.07) is 9.37. The third-order valence-electron chi connectivity index (χ3n) is 4.33. The van der Waals surface area contributed by atoms with Crippen LogP contribution in [0.1, 0.15) is 47.3 Å². The van der Waals surface area contributed by atoms with Gasteiger partial charge in [0, 0.05) is 37.8 Å². The SMILES string of the molecule is Cc1c(Br)cc(C=C2C(=O)Nc3ccc(C(=O)CC(C)C)cc32)cc1Br. The number of carbonyl (C=O) groups excluding carboxylic acids is 2. The van der Waals surface area contributed by atoms with Gasteiger partial charge in [0.1, 0.15) is 0 Å². The molecule has 0 aliphatic carbocycles. The number of benzene rings is 2. The first-order chi connectivity index (χ1) is 12.3. The fraction of sp³-hybridized carbons (Fsp3) is 0.238. The molecule has 0 atom stereocenters. The van der Waals surface area contributed by atoms with E-state index in [9.17, 15) is 9.59 Å². The van der Waals surface area contributed by atoms with Gasteiger partial charge in [-0.25, -0.2) is 0 Å². The van der Waals surface area contributed by atoms with Crippen molar-refractivity contribution in [3.8, 4) is 0 Å². The molecule has 0 saturated heterocycles. The van der Waals surface area contributed by atoms with Crippen molar-refractivity contribution in [2.24, 2.45) is 5.92 Å². The molecule has 3 nitrogen and oxygen atoms in total. The first-order valence-corrected chi connectivity index (χ1v) is 10.0. The monoisotopic (exact) mass is 475 g/mol. The van der Waals surface area contributed by atoms with E-state index in [0.717, 1.165) is 31.3 Å². The number of amides is 1. The van der Waals surface area contributed by atoms with E-state index in [4.69, 9.17) is 0 Å². The van der Waals surface area contributed by atoms with E-state index in [1.165, 1.54) is 0 Å². The van der Waals surface area contributed by atoms with Gasteiger partial charge in [-0.05, 0) is 60.4 Å². The number of rotatable bonds is 4. The standard InChI is InChI=1S/C21H19Br2NO2/c1-11(2)6-20(25)14-4-5-19-15(10-14)16(21(26)24-19)7-13-8-17(22)12(3)18(23)9-13/h4-5,7-11H,6H2,1-3H3,(H,24,26). The van der Waals surface area contributed by atoms with E-state index in [1.54, 1.807) is 6.07 Å². The molecule has 0 spiro atoms. The molecule has 5 heteroatoms. The smallest absolute Gasteiger partial charge is 0.256 e. The summed E-state index contributed by atoms with van der Waals surface area (Å²) in [5.41, 5.74) is 4.74. The van der Waals surface area contributed by atoms with Gasteiger partial charge in [-0.15, -0.1) is 0 Å². The van der Waals surface area contributed by atoms with Gasteiger partial charge in [-0.1, -0.05) is 45.7 Å². The van der Waals surface area contributed by atoms with Crippen LogP contribution in [-0.4, -0.2) is 11.7 Å². The molecule has 0 unspecified atom stereocenters. The number of anilines is 1. The molecule has 1 N–H and O–H groups in total. The average Bonchev–Trinajstić information content (AvgIpc) is 2.87. The number of hydrogen-bond acceptors (Lipinski definition) is 2. The number of halogens is 2. The summed E-state index contributed by atoms with van der Waals surface area (Å²) >= 11 is 7.08. The quantitative estimate of drug-likeness (QED) is 0.419. The molecule has 1 amide bonds. The number of Topliss-reactive ketones (excluding diaryl/α,β-unsaturated/α-hetero) is 1.